The van der Waals surface area contributed by atoms with E-state index >= 15 is 0 Å². The number of halogens is 6. The number of nitrogens with zero attached hydrogens (tertiary/aromatic N) is 6. The van der Waals surface area contributed by atoms with E-state index in [2.05, 4.69) is 95.0 Å². The van der Waals surface area contributed by atoms with Crippen LogP contribution in [0.2, 0.25) is 5.02 Å². The van der Waals surface area contributed by atoms with Gasteiger partial charge in [-0.25, -0.2) is 36.7 Å². The Balaban J connectivity index is 0.000000145. The summed E-state index contributed by atoms with van der Waals surface area (Å²) in [6.07, 6.45) is 3.25. The number of fused-ring (bicyclic) bond motifs is 4. The third-order valence-corrected chi connectivity index (χ3v) is 20.2. The minimum atomic E-state index is -1.81. The van der Waals surface area contributed by atoms with Gasteiger partial charge in [0.25, 0.3) is 47.3 Å². The molecule has 30 nitrogen and oxygen atoms in total. The molecule has 8 aliphatic heterocycles. The number of carbonyl (C=O) groups is 12. The van der Waals surface area contributed by atoms with Crippen molar-refractivity contribution in [3.8, 4) is 70.4 Å². The van der Waals surface area contributed by atoms with E-state index in [0.29, 0.717) is 80.6 Å². The zero-order valence-electron chi connectivity index (χ0n) is 63.4. The first-order chi connectivity index (χ1) is 56.4. The van der Waals surface area contributed by atoms with Crippen molar-refractivity contribution < 1.29 is 98.7 Å². The summed E-state index contributed by atoms with van der Waals surface area (Å²) >= 11 is 6.15. The summed E-state index contributed by atoms with van der Waals surface area (Å²) in [5, 5.41) is 23.2. The molecule has 36 heteroatoms. The van der Waals surface area contributed by atoms with Crippen molar-refractivity contribution in [3.63, 3.8) is 0 Å². The first-order valence-electron chi connectivity index (χ1n) is 35.5. The van der Waals surface area contributed by atoms with E-state index in [1.165, 1.54) is 60.2 Å². The second kappa shape index (κ2) is 33.7. The Hall–Kier alpha value is -15.2. The SMILES string of the molecule is COc1ccc2c(c1)C(=O)N(C[C@@]1(C#Cc3ccc(F)cc3F)NC(=O)NC1=O)C2.COc1ccc2c(c1)C(=O)N(C[C@@]1(C#Cc3cccc(Cl)c3C)NC(=O)NC1=O)C2.COc1ccc2c(c1)C(=O)N(C[C@@]1(C#Cc3cccc(F)c3F)NC(=O)NC1=O)C2.COc1ccc2c(c1)C(=O)N(C[C@@]1(C#Cc3cnn(C)c3)NC(=O)NC1=O)C2.F. The molecule has 0 spiro atoms. The summed E-state index contributed by atoms with van der Waals surface area (Å²) < 4.78 is 76.7. The lowest BCUT2D eigenvalue weighted by Crippen LogP contribution is -2.54. The van der Waals surface area contributed by atoms with E-state index in [1.807, 2.05) is 19.1 Å². The Morgan fingerprint density at radius 2 is 0.756 bits per heavy atom. The van der Waals surface area contributed by atoms with Crippen molar-refractivity contribution in [3.05, 3.63) is 240 Å². The van der Waals surface area contributed by atoms with Crippen molar-refractivity contribution in [2.24, 2.45) is 7.05 Å². The van der Waals surface area contributed by atoms with Crippen molar-refractivity contribution in [2.45, 2.75) is 55.3 Å². The molecular weight excluding hydrogens is 1580 g/mol. The predicted octanol–water partition coefficient (Wildman–Crippen LogP) is 5.53. The van der Waals surface area contributed by atoms with Gasteiger partial charge >= 0.3 is 24.1 Å². The maximum atomic E-state index is 13.9. The first kappa shape index (κ1) is 83.2. The van der Waals surface area contributed by atoms with Crippen LogP contribution >= 0.6 is 11.6 Å². The molecule has 606 valence electrons. The van der Waals surface area contributed by atoms with Gasteiger partial charge in [0.05, 0.1) is 77.5 Å². The summed E-state index contributed by atoms with van der Waals surface area (Å²) in [6.45, 7) is 2.15. The Bertz CT molecular complexity index is 5780. The lowest BCUT2D eigenvalue weighted by atomic mass is 9.98. The molecule has 0 saturated carbocycles. The van der Waals surface area contributed by atoms with Gasteiger partial charge in [0, 0.05) is 78.3 Å². The number of ether oxygens (including phenoxy) is 4. The number of methoxy groups -OCH3 is 4. The number of imide groups is 4. The highest BCUT2D eigenvalue weighted by Crippen LogP contribution is 2.34. The minimum Gasteiger partial charge on any atom is -0.497 e. The standard InChI is InChI=1S/C22H18ClN3O4.2C21H15F2N3O4.C19H17N5O4.FH/c1-13-14(4-3-5-18(13)23)8-9-22(20(28)24-21(29)25-22)12-26-11-15-6-7-16(30-2)10-17(15)19(26)27;1-30-15-5-3-13-10-26(18(27)16(13)9-15)11-21(19(28)24-20(29)25-21)7-6-12-2-4-14(22)8-17(12)23;1-30-14-6-5-13-10-26(18(27)15(13)9-14)11-21(19(28)24-20(29)25-21)8-7-12-3-2-4-16(22)17(12)23;1-23-9-12(8-20-23)5-6-19(17(26)21-18(27)22-19)11-24-10-13-3-4-14(28-2)7-15(13)16(24)25;/h3-7,10H,11-12H2,1-2H3,(H2,24,25,28,29);2-5,8-9H,10-11H2,1H3,(H2,24,25,28,29);2-6,9H,10-11H2,1H3,(H2,24,25,28,29);3-4,7-9H,10-11H2,1-2H3,(H2,21,22,26,27);1H/t22-;2*21-;19-;/m1111./s1. The number of benzene rings is 7. The van der Waals surface area contributed by atoms with Crippen molar-refractivity contribution >= 4 is 83.0 Å². The zero-order valence-corrected chi connectivity index (χ0v) is 64.2. The molecule has 8 aliphatic rings. The number of nitrogens with one attached hydrogen (secondary N) is 8. The smallest absolute Gasteiger partial charge is 0.323 e. The third-order valence-electron chi connectivity index (χ3n) is 19.8. The van der Waals surface area contributed by atoms with Gasteiger partial charge in [0.2, 0.25) is 22.2 Å². The quantitative estimate of drug-likeness (QED) is 0.0423. The molecular formula is C83H66ClF5N14O16. The van der Waals surface area contributed by atoms with Crippen LogP contribution in [-0.2, 0) is 52.4 Å². The van der Waals surface area contributed by atoms with Crippen LogP contribution in [0.1, 0.15) is 91.5 Å². The van der Waals surface area contributed by atoms with Crippen LogP contribution in [0.3, 0.4) is 0 Å². The summed E-state index contributed by atoms with van der Waals surface area (Å²) in [4.78, 5) is 155. The molecule has 119 heavy (non-hydrogen) atoms. The van der Waals surface area contributed by atoms with E-state index in [0.717, 1.165) is 46.0 Å². The molecule has 4 fully saturated rings. The molecule has 9 heterocycles. The number of aryl methyl sites for hydroxylation is 1. The number of hydrogen-bond donors (Lipinski definition) is 8. The van der Waals surface area contributed by atoms with Crippen LogP contribution in [0, 0.1) is 77.6 Å². The Labute approximate surface area is 678 Å². The molecule has 8 N–H and O–H groups in total. The van der Waals surface area contributed by atoms with Crippen molar-refractivity contribution in [1.29, 1.82) is 0 Å². The number of aromatic nitrogens is 2. The number of carbonyl (C=O) groups excluding carboxylic acids is 12. The van der Waals surface area contributed by atoms with E-state index < -0.39 is 93.2 Å². The van der Waals surface area contributed by atoms with E-state index in [-0.39, 0.29) is 78.7 Å². The Morgan fingerprint density at radius 3 is 1.08 bits per heavy atom. The van der Waals surface area contributed by atoms with Gasteiger partial charge in [0.15, 0.2) is 11.6 Å². The molecule has 0 unspecified atom stereocenters. The number of urea groups is 4. The minimum absolute atomic E-state index is 0. The van der Waals surface area contributed by atoms with Gasteiger partial charge in [-0.3, -0.25) is 69.0 Å². The molecule has 1 aromatic heterocycles. The molecule has 8 aromatic rings. The molecule has 16 rings (SSSR count). The molecule has 0 bridgehead atoms. The van der Waals surface area contributed by atoms with Gasteiger partial charge in [-0.05, 0) is 120 Å². The molecule has 7 aromatic carbocycles. The topological polar surface area (TPSA) is 369 Å². The van der Waals surface area contributed by atoms with Gasteiger partial charge in [-0.1, -0.05) is 95.4 Å². The van der Waals surface area contributed by atoms with Crippen LogP contribution in [-0.4, -0.2) is 178 Å². The third kappa shape index (κ3) is 17.1. The highest BCUT2D eigenvalue weighted by atomic mass is 35.5. The number of amides is 16. The number of rotatable bonds is 12. The van der Waals surface area contributed by atoms with Gasteiger partial charge < -0.3 is 59.8 Å². The maximum Gasteiger partial charge on any atom is 0.323 e. The molecule has 0 radical (unpaired) electrons. The molecule has 16 amide bonds. The Morgan fingerprint density at radius 1 is 0.420 bits per heavy atom. The monoisotopic (exact) mass is 1640 g/mol. The largest absolute Gasteiger partial charge is 0.497 e. The summed E-state index contributed by atoms with van der Waals surface area (Å²) in [5.41, 5.74) is -0.142. The second-order valence-corrected chi connectivity index (χ2v) is 27.9. The second-order valence-electron chi connectivity index (χ2n) is 27.5. The average Bonchev–Trinajstić information content (AvgIpc) is 1.64. The van der Waals surface area contributed by atoms with Crippen LogP contribution in [0.5, 0.6) is 23.0 Å². The van der Waals surface area contributed by atoms with E-state index in [1.54, 1.807) is 103 Å². The molecule has 0 aliphatic carbocycles. The normalized spacial score (nSPS) is 19.7. The highest BCUT2D eigenvalue weighted by molar-refractivity contribution is 6.31. The number of hydrogen-bond acceptors (Lipinski definition) is 17. The van der Waals surface area contributed by atoms with Crippen LogP contribution in [0.25, 0.3) is 0 Å². The molecule has 4 atom stereocenters. The van der Waals surface area contributed by atoms with Gasteiger partial charge in [0.1, 0.15) is 34.6 Å². The van der Waals surface area contributed by atoms with Gasteiger partial charge in [-0.2, -0.15) is 5.10 Å². The lowest BCUT2D eigenvalue weighted by Gasteiger charge is -2.26. The maximum absolute atomic E-state index is 13.9. The first-order valence-corrected chi connectivity index (χ1v) is 35.9. The summed E-state index contributed by atoms with van der Waals surface area (Å²) in [5.74, 6) is 15.8. The average molecular weight is 1650 g/mol. The fourth-order valence-electron chi connectivity index (χ4n) is 13.6. The Kier molecular flexibility index (Phi) is 23.5. The van der Waals surface area contributed by atoms with Crippen LogP contribution in [0.4, 0.5) is 41.4 Å². The lowest BCUT2D eigenvalue weighted by molar-refractivity contribution is -0.123. The van der Waals surface area contributed by atoms with Crippen LogP contribution < -0.4 is 61.5 Å². The molecule has 4 saturated heterocycles. The fourth-order valence-corrected chi connectivity index (χ4v) is 13.7. The fraction of sp³-hybridized carbons (Fsp3) is 0.217. The zero-order chi connectivity index (χ0) is 84.3. The van der Waals surface area contributed by atoms with E-state index in [9.17, 15) is 75.1 Å². The van der Waals surface area contributed by atoms with Crippen molar-refractivity contribution in [2.75, 3.05) is 54.6 Å². The summed E-state index contributed by atoms with van der Waals surface area (Å²) in [7, 11) is 7.77. The summed E-state index contributed by atoms with van der Waals surface area (Å²) in [6, 6.07) is 29.3. The van der Waals surface area contributed by atoms with E-state index in [4.69, 9.17) is 30.5 Å². The van der Waals surface area contributed by atoms with Crippen molar-refractivity contribution in [1.82, 2.24) is 71.9 Å². The van der Waals surface area contributed by atoms with Gasteiger partial charge in [-0.15, -0.1) is 0 Å². The predicted molar refractivity (Wildman–Crippen MR) is 411 cm³/mol. The highest BCUT2D eigenvalue weighted by Gasteiger charge is 2.53. The van der Waals surface area contributed by atoms with Crippen LogP contribution in [0.15, 0.2) is 140 Å².